The van der Waals surface area contributed by atoms with E-state index in [2.05, 4.69) is 68.0 Å². The second-order valence-corrected chi connectivity index (χ2v) is 4.69. The number of imidazole rings is 1. The van der Waals surface area contributed by atoms with Crippen molar-refractivity contribution >= 4 is 12.2 Å². The first-order valence-electron chi connectivity index (χ1n) is 6.41. The second kappa shape index (κ2) is 5.21. The van der Waals surface area contributed by atoms with E-state index in [1.54, 1.807) is 0 Å². The van der Waals surface area contributed by atoms with Gasteiger partial charge in [0.25, 0.3) is 0 Å². The Labute approximate surface area is 109 Å². The fraction of sp³-hybridized carbons (Fsp3) is 0.312. The molecule has 0 aliphatic rings. The van der Waals surface area contributed by atoms with E-state index in [4.69, 9.17) is 0 Å². The molecule has 1 aromatic heterocycles. The number of hydrogen-bond acceptors (Lipinski definition) is 1. The van der Waals surface area contributed by atoms with Crippen LogP contribution in [0.3, 0.4) is 0 Å². The lowest BCUT2D eigenvalue weighted by Crippen LogP contribution is -1.85. The van der Waals surface area contributed by atoms with E-state index in [1.165, 1.54) is 22.4 Å². The Morgan fingerprint density at radius 2 is 1.78 bits per heavy atom. The minimum atomic E-state index is 0.937. The van der Waals surface area contributed by atoms with E-state index in [1.807, 2.05) is 0 Å². The summed E-state index contributed by atoms with van der Waals surface area (Å²) in [6, 6.07) is 6.36. The van der Waals surface area contributed by atoms with Gasteiger partial charge in [0.05, 0.1) is 5.69 Å². The smallest absolute Gasteiger partial charge is 0.130 e. The van der Waals surface area contributed by atoms with Crippen molar-refractivity contribution in [3.05, 3.63) is 52.1 Å². The first kappa shape index (κ1) is 12.6. The van der Waals surface area contributed by atoms with Crippen molar-refractivity contribution in [2.75, 3.05) is 0 Å². The Morgan fingerprint density at radius 1 is 1.11 bits per heavy atom. The molecule has 18 heavy (non-hydrogen) atoms. The molecular formula is C16H20N2. The fourth-order valence-electron chi connectivity index (χ4n) is 2.20. The lowest BCUT2D eigenvalue weighted by atomic mass is 10.0. The molecule has 2 heteroatoms. The summed E-state index contributed by atoms with van der Waals surface area (Å²) in [6.07, 6.45) is 5.17. The molecule has 0 amide bonds. The van der Waals surface area contributed by atoms with Crippen LogP contribution in [0.1, 0.15) is 40.8 Å². The minimum Gasteiger partial charge on any atom is -0.342 e. The van der Waals surface area contributed by atoms with Crippen LogP contribution in [0.5, 0.6) is 0 Å². The van der Waals surface area contributed by atoms with E-state index >= 15 is 0 Å². The average molecular weight is 240 g/mol. The number of aromatic amines is 1. The average Bonchev–Trinajstić information content (AvgIpc) is 2.69. The second-order valence-electron chi connectivity index (χ2n) is 4.69. The van der Waals surface area contributed by atoms with Gasteiger partial charge in [-0.2, -0.15) is 0 Å². The molecule has 1 N–H and O–H groups in total. The fourth-order valence-corrected chi connectivity index (χ4v) is 2.20. The van der Waals surface area contributed by atoms with Crippen molar-refractivity contribution in [1.29, 1.82) is 0 Å². The third-order valence-electron chi connectivity index (χ3n) is 3.29. The standard InChI is InChI=1S/C16H20N2/c1-5-15-13(4)17-16(18-15)10-9-14-11(2)7-6-8-12(14)3/h6-10H,5H2,1-4H3,(H,17,18). The van der Waals surface area contributed by atoms with E-state index in [-0.39, 0.29) is 0 Å². The van der Waals surface area contributed by atoms with Crippen LogP contribution in [0.2, 0.25) is 0 Å². The third kappa shape index (κ3) is 2.53. The molecule has 0 spiro atoms. The Balaban J connectivity index is 2.30. The monoisotopic (exact) mass is 240 g/mol. The molecule has 0 aliphatic heterocycles. The molecule has 0 unspecified atom stereocenters. The summed E-state index contributed by atoms with van der Waals surface area (Å²) < 4.78 is 0. The highest BCUT2D eigenvalue weighted by molar-refractivity contribution is 5.70. The zero-order valence-electron chi connectivity index (χ0n) is 11.5. The molecule has 1 heterocycles. The molecule has 2 nitrogen and oxygen atoms in total. The normalized spacial score (nSPS) is 11.3. The SMILES string of the molecule is CCc1nc(C=Cc2c(C)cccc2C)[nH]c1C. The van der Waals surface area contributed by atoms with Crippen molar-refractivity contribution in [2.45, 2.75) is 34.1 Å². The number of nitrogens with zero attached hydrogens (tertiary/aromatic N) is 1. The Morgan fingerprint density at radius 3 is 2.33 bits per heavy atom. The van der Waals surface area contributed by atoms with Crippen LogP contribution in [0, 0.1) is 20.8 Å². The largest absolute Gasteiger partial charge is 0.342 e. The highest BCUT2D eigenvalue weighted by atomic mass is 14.9. The van der Waals surface area contributed by atoms with Crippen molar-refractivity contribution in [3.63, 3.8) is 0 Å². The van der Waals surface area contributed by atoms with E-state index < -0.39 is 0 Å². The predicted octanol–water partition coefficient (Wildman–Crippen LogP) is 4.07. The van der Waals surface area contributed by atoms with Crippen molar-refractivity contribution < 1.29 is 0 Å². The topological polar surface area (TPSA) is 28.7 Å². The van der Waals surface area contributed by atoms with Gasteiger partial charge in [-0.1, -0.05) is 31.2 Å². The number of rotatable bonds is 3. The molecule has 0 atom stereocenters. The summed E-state index contributed by atoms with van der Waals surface area (Å²) in [7, 11) is 0. The number of benzene rings is 1. The van der Waals surface area contributed by atoms with Crippen LogP contribution in [-0.4, -0.2) is 9.97 Å². The summed E-state index contributed by atoms with van der Waals surface area (Å²) in [5, 5.41) is 0. The van der Waals surface area contributed by atoms with Crippen molar-refractivity contribution in [3.8, 4) is 0 Å². The molecule has 2 aromatic rings. The maximum Gasteiger partial charge on any atom is 0.130 e. The van der Waals surface area contributed by atoms with E-state index in [0.717, 1.165) is 17.9 Å². The summed E-state index contributed by atoms with van der Waals surface area (Å²) in [6.45, 7) is 8.47. The van der Waals surface area contributed by atoms with Gasteiger partial charge in [0.2, 0.25) is 0 Å². The van der Waals surface area contributed by atoms with Gasteiger partial charge in [0.1, 0.15) is 5.82 Å². The van der Waals surface area contributed by atoms with Gasteiger partial charge in [0, 0.05) is 5.69 Å². The zero-order valence-corrected chi connectivity index (χ0v) is 11.5. The predicted molar refractivity (Wildman–Crippen MR) is 77.5 cm³/mol. The van der Waals surface area contributed by atoms with Crippen LogP contribution < -0.4 is 0 Å². The number of aromatic nitrogens is 2. The van der Waals surface area contributed by atoms with Crippen LogP contribution in [0.25, 0.3) is 12.2 Å². The molecule has 2 rings (SSSR count). The van der Waals surface area contributed by atoms with Gasteiger partial charge < -0.3 is 4.98 Å². The van der Waals surface area contributed by atoms with Gasteiger partial charge in [0.15, 0.2) is 0 Å². The number of aryl methyl sites for hydroxylation is 4. The first-order valence-corrected chi connectivity index (χ1v) is 6.41. The van der Waals surface area contributed by atoms with Crippen molar-refractivity contribution in [1.82, 2.24) is 9.97 Å². The number of H-pyrrole nitrogens is 1. The maximum absolute atomic E-state index is 4.56. The van der Waals surface area contributed by atoms with Gasteiger partial charge >= 0.3 is 0 Å². The van der Waals surface area contributed by atoms with Crippen molar-refractivity contribution in [2.24, 2.45) is 0 Å². The molecule has 0 saturated heterocycles. The number of hydrogen-bond donors (Lipinski definition) is 1. The molecule has 0 aliphatic carbocycles. The van der Waals surface area contributed by atoms with Gasteiger partial charge in [-0.05, 0) is 50.0 Å². The van der Waals surface area contributed by atoms with Crippen LogP contribution in [0.4, 0.5) is 0 Å². The van der Waals surface area contributed by atoms with E-state index in [9.17, 15) is 0 Å². The molecular weight excluding hydrogens is 220 g/mol. The quantitative estimate of drug-likeness (QED) is 0.860. The summed E-state index contributed by atoms with van der Waals surface area (Å²) in [5.41, 5.74) is 6.19. The number of nitrogens with one attached hydrogen (secondary N) is 1. The molecule has 0 bridgehead atoms. The van der Waals surface area contributed by atoms with Gasteiger partial charge in [-0.25, -0.2) is 4.98 Å². The van der Waals surface area contributed by atoms with Crippen LogP contribution in [0.15, 0.2) is 18.2 Å². The molecule has 94 valence electrons. The van der Waals surface area contributed by atoms with E-state index in [0.29, 0.717) is 0 Å². The summed E-state index contributed by atoms with van der Waals surface area (Å²) in [5.74, 6) is 0.937. The molecule has 0 fully saturated rings. The zero-order chi connectivity index (χ0) is 13.1. The molecule has 0 radical (unpaired) electrons. The lowest BCUT2D eigenvalue weighted by molar-refractivity contribution is 1.04. The maximum atomic E-state index is 4.56. The van der Waals surface area contributed by atoms with Crippen LogP contribution in [-0.2, 0) is 6.42 Å². The molecule has 1 aromatic carbocycles. The van der Waals surface area contributed by atoms with Crippen LogP contribution >= 0.6 is 0 Å². The lowest BCUT2D eigenvalue weighted by Gasteiger charge is -2.03. The first-order chi connectivity index (χ1) is 8.61. The Kier molecular flexibility index (Phi) is 3.66. The van der Waals surface area contributed by atoms with Gasteiger partial charge in [-0.15, -0.1) is 0 Å². The summed E-state index contributed by atoms with van der Waals surface area (Å²) in [4.78, 5) is 7.87. The highest BCUT2D eigenvalue weighted by Gasteiger charge is 2.02. The molecule has 0 saturated carbocycles. The Bertz CT molecular complexity index is 557. The highest BCUT2D eigenvalue weighted by Crippen LogP contribution is 2.16. The third-order valence-corrected chi connectivity index (χ3v) is 3.29. The van der Waals surface area contributed by atoms with Gasteiger partial charge in [-0.3, -0.25) is 0 Å². The summed E-state index contributed by atoms with van der Waals surface area (Å²) >= 11 is 0. The minimum absolute atomic E-state index is 0.937. The Hall–Kier alpha value is -1.83.